The molecule has 0 N–H and O–H groups in total. The standard InChI is InChI=1S/C27H28Cl2N2O5/c1-4-30-24(32)21-22(25(30)33)27(26(34)36-3)11-5-6-12-31(27)23(21)16-7-9-17(20(14-16)35-2)15-8-10-18(28)19(29)13-15/h7-10,13-14,21-23H,4-6,11-12H2,1-3H3/t21-,22-,23+,27-/m0/s1. The van der Waals surface area contributed by atoms with Crippen LogP contribution < -0.4 is 4.74 Å². The molecule has 3 saturated heterocycles. The number of halogens is 2. The lowest BCUT2D eigenvalue weighted by molar-refractivity contribution is -0.164. The van der Waals surface area contributed by atoms with Crippen LogP contribution in [0.3, 0.4) is 0 Å². The van der Waals surface area contributed by atoms with E-state index in [0.717, 1.165) is 29.5 Å². The third kappa shape index (κ3) is 3.47. The Morgan fingerprint density at radius 3 is 2.50 bits per heavy atom. The maximum absolute atomic E-state index is 13.6. The summed E-state index contributed by atoms with van der Waals surface area (Å²) in [6.45, 7) is 2.65. The molecule has 3 fully saturated rings. The van der Waals surface area contributed by atoms with E-state index in [1.807, 2.05) is 29.2 Å². The molecule has 0 aliphatic carbocycles. The highest BCUT2D eigenvalue weighted by Crippen LogP contribution is 2.58. The number of nitrogens with zero attached hydrogens (tertiary/aromatic N) is 2. The largest absolute Gasteiger partial charge is 0.496 e. The highest BCUT2D eigenvalue weighted by atomic mass is 35.5. The Labute approximate surface area is 220 Å². The third-order valence-corrected chi connectivity index (χ3v) is 8.74. The summed E-state index contributed by atoms with van der Waals surface area (Å²) >= 11 is 12.3. The zero-order valence-corrected chi connectivity index (χ0v) is 21.9. The molecule has 0 bridgehead atoms. The van der Waals surface area contributed by atoms with E-state index >= 15 is 0 Å². The van der Waals surface area contributed by atoms with E-state index in [4.69, 9.17) is 32.7 Å². The Bertz CT molecular complexity index is 1250. The van der Waals surface area contributed by atoms with E-state index in [9.17, 15) is 14.4 Å². The number of rotatable bonds is 5. The second kappa shape index (κ2) is 9.36. The van der Waals surface area contributed by atoms with Gasteiger partial charge in [0.15, 0.2) is 0 Å². The van der Waals surface area contributed by atoms with Crippen molar-refractivity contribution in [1.82, 2.24) is 9.80 Å². The average Bonchev–Trinajstić information content (AvgIpc) is 3.34. The number of amides is 2. The molecule has 2 aromatic carbocycles. The van der Waals surface area contributed by atoms with Gasteiger partial charge in [-0.15, -0.1) is 0 Å². The number of ether oxygens (including phenoxy) is 2. The summed E-state index contributed by atoms with van der Waals surface area (Å²) in [5.74, 6) is -1.81. The fraction of sp³-hybridized carbons (Fsp3) is 0.444. The molecule has 5 rings (SSSR count). The van der Waals surface area contributed by atoms with Crippen molar-refractivity contribution in [2.45, 2.75) is 37.8 Å². The van der Waals surface area contributed by atoms with Gasteiger partial charge in [-0.05, 0) is 62.1 Å². The lowest BCUT2D eigenvalue weighted by atomic mass is 9.75. The van der Waals surface area contributed by atoms with Crippen LogP contribution in [0.15, 0.2) is 36.4 Å². The van der Waals surface area contributed by atoms with E-state index in [1.165, 1.54) is 12.0 Å². The summed E-state index contributed by atoms with van der Waals surface area (Å²) in [7, 11) is 2.93. The average molecular weight is 531 g/mol. The van der Waals surface area contributed by atoms with E-state index in [0.29, 0.717) is 28.8 Å². The van der Waals surface area contributed by atoms with Crippen molar-refractivity contribution in [3.05, 3.63) is 52.0 Å². The number of hydrogen-bond acceptors (Lipinski definition) is 6. The van der Waals surface area contributed by atoms with Crippen molar-refractivity contribution >= 4 is 41.0 Å². The molecule has 7 nitrogen and oxygen atoms in total. The van der Waals surface area contributed by atoms with Gasteiger partial charge in [0, 0.05) is 18.2 Å². The predicted molar refractivity (Wildman–Crippen MR) is 136 cm³/mol. The van der Waals surface area contributed by atoms with Crippen LogP contribution in [0, 0.1) is 11.8 Å². The number of fused-ring (bicyclic) bond motifs is 3. The summed E-state index contributed by atoms with van der Waals surface area (Å²) < 4.78 is 11.0. The Hall–Kier alpha value is -2.61. The molecule has 4 atom stereocenters. The molecule has 0 radical (unpaired) electrons. The number of carbonyl (C=O) groups is 3. The van der Waals surface area contributed by atoms with Gasteiger partial charge in [-0.25, -0.2) is 0 Å². The first-order valence-corrected chi connectivity index (χ1v) is 12.9. The lowest BCUT2D eigenvalue weighted by Crippen LogP contribution is -2.59. The van der Waals surface area contributed by atoms with Gasteiger partial charge in [0.2, 0.25) is 11.8 Å². The van der Waals surface area contributed by atoms with E-state index in [2.05, 4.69) is 0 Å². The molecule has 3 heterocycles. The van der Waals surface area contributed by atoms with Crippen molar-refractivity contribution in [3.8, 4) is 16.9 Å². The fourth-order valence-electron chi connectivity index (χ4n) is 6.52. The first-order valence-electron chi connectivity index (χ1n) is 12.1. The monoisotopic (exact) mass is 530 g/mol. The van der Waals surface area contributed by atoms with Crippen molar-refractivity contribution in [2.75, 3.05) is 27.3 Å². The molecule has 0 saturated carbocycles. The van der Waals surface area contributed by atoms with Crippen molar-refractivity contribution in [2.24, 2.45) is 11.8 Å². The minimum Gasteiger partial charge on any atom is -0.496 e. The molecule has 2 aromatic rings. The Morgan fingerprint density at radius 2 is 1.83 bits per heavy atom. The number of imide groups is 1. The highest BCUT2D eigenvalue weighted by molar-refractivity contribution is 6.42. The summed E-state index contributed by atoms with van der Waals surface area (Å²) in [6.07, 6.45) is 2.13. The molecular weight excluding hydrogens is 503 g/mol. The van der Waals surface area contributed by atoms with Crippen LogP contribution in [0.1, 0.15) is 37.8 Å². The number of likely N-dealkylation sites (tertiary alicyclic amines) is 1. The molecular formula is C27H28Cl2N2O5. The number of esters is 1. The molecule has 0 aromatic heterocycles. The number of methoxy groups -OCH3 is 2. The molecule has 0 unspecified atom stereocenters. The van der Waals surface area contributed by atoms with Gasteiger partial charge in [0.05, 0.1) is 36.1 Å². The maximum Gasteiger partial charge on any atom is 0.327 e. The van der Waals surface area contributed by atoms with E-state index < -0.39 is 29.4 Å². The van der Waals surface area contributed by atoms with Gasteiger partial charge in [-0.2, -0.15) is 0 Å². The van der Waals surface area contributed by atoms with Crippen molar-refractivity contribution in [1.29, 1.82) is 0 Å². The molecule has 36 heavy (non-hydrogen) atoms. The predicted octanol–water partition coefficient (Wildman–Crippen LogP) is 4.74. The van der Waals surface area contributed by atoms with Crippen LogP contribution in [0.5, 0.6) is 5.75 Å². The first kappa shape index (κ1) is 25.1. The Kier molecular flexibility index (Phi) is 6.52. The van der Waals surface area contributed by atoms with Gasteiger partial charge in [-0.3, -0.25) is 24.2 Å². The van der Waals surface area contributed by atoms with Crippen LogP contribution in [-0.2, 0) is 19.1 Å². The minimum atomic E-state index is -1.16. The van der Waals surface area contributed by atoms with E-state index in [1.54, 1.807) is 26.2 Å². The zero-order valence-electron chi connectivity index (χ0n) is 20.4. The number of hydrogen-bond donors (Lipinski definition) is 0. The molecule has 190 valence electrons. The topological polar surface area (TPSA) is 76.2 Å². The second-order valence-corrected chi connectivity index (χ2v) is 10.3. The summed E-state index contributed by atoms with van der Waals surface area (Å²) in [5, 5.41) is 0.895. The molecule has 3 aliphatic heterocycles. The first-order chi connectivity index (χ1) is 17.3. The van der Waals surface area contributed by atoms with Crippen LogP contribution in [-0.4, -0.2) is 60.4 Å². The van der Waals surface area contributed by atoms with Crippen LogP contribution in [0.25, 0.3) is 11.1 Å². The van der Waals surface area contributed by atoms with Crippen molar-refractivity contribution < 1.29 is 23.9 Å². The number of carbonyl (C=O) groups excluding carboxylic acids is 3. The SMILES string of the molecule is CCN1C(=O)[C@@H]2[C@@H](c3ccc(-c4ccc(Cl)c(Cl)c4)c(OC)c3)N3CCCC[C@@]3(C(=O)OC)[C@@H]2C1=O. The van der Waals surface area contributed by atoms with Crippen LogP contribution >= 0.6 is 23.2 Å². The number of benzene rings is 2. The van der Waals surface area contributed by atoms with Gasteiger partial charge < -0.3 is 9.47 Å². The van der Waals surface area contributed by atoms with Gasteiger partial charge in [0.25, 0.3) is 0 Å². The molecule has 2 amide bonds. The summed E-state index contributed by atoms with van der Waals surface area (Å²) in [4.78, 5) is 43.8. The van der Waals surface area contributed by atoms with E-state index in [-0.39, 0.29) is 18.4 Å². The number of piperidine rings is 1. The Morgan fingerprint density at radius 1 is 1.06 bits per heavy atom. The molecule has 3 aliphatic rings. The lowest BCUT2D eigenvalue weighted by Gasteiger charge is -2.44. The normalized spacial score (nSPS) is 27.7. The zero-order chi connectivity index (χ0) is 25.8. The molecule has 0 spiro atoms. The smallest absolute Gasteiger partial charge is 0.327 e. The van der Waals surface area contributed by atoms with Crippen LogP contribution in [0.2, 0.25) is 10.0 Å². The summed E-state index contributed by atoms with van der Waals surface area (Å²) in [6, 6.07) is 10.7. The fourth-order valence-corrected chi connectivity index (χ4v) is 6.82. The van der Waals surface area contributed by atoms with Crippen LogP contribution in [0.4, 0.5) is 0 Å². The third-order valence-electron chi connectivity index (χ3n) is 8.01. The second-order valence-electron chi connectivity index (χ2n) is 9.52. The summed E-state index contributed by atoms with van der Waals surface area (Å²) in [5.41, 5.74) is 1.31. The van der Waals surface area contributed by atoms with Gasteiger partial charge in [-0.1, -0.05) is 41.4 Å². The van der Waals surface area contributed by atoms with Crippen molar-refractivity contribution in [3.63, 3.8) is 0 Å². The van der Waals surface area contributed by atoms with Gasteiger partial charge in [0.1, 0.15) is 11.3 Å². The minimum absolute atomic E-state index is 0.234. The highest BCUT2D eigenvalue weighted by Gasteiger charge is 2.72. The van der Waals surface area contributed by atoms with Gasteiger partial charge >= 0.3 is 5.97 Å². The quantitative estimate of drug-likeness (QED) is 0.410. The maximum atomic E-state index is 13.6. The Balaban J connectivity index is 1.66. The molecule has 9 heteroatoms.